The van der Waals surface area contributed by atoms with Crippen molar-refractivity contribution in [2.45, 2.75) is 34.1 Å². The normalized spacial score (nSPS) is 18.9. The molecule has 17 heavy (non-hydrogen) atoms. The second-order valence-electron chi connectivity index (χ2n) is 6.52. The Kier molecular flexibility index (Phi) is 3.66. The van der Waals surface area contributed by atoms with Gasteiger partial charge in [0.15, 0.2) is 0 Å². The van der Waals surface area contributed by atoms with Gasteiger partial charge < -0.3 is 0 Å². The summed E-state index contributed by atoms with van der Waals surface area (Å²) in [5, 5.41) is 0. The molecule has 0 unspecified atom stereocenters. The summed E-state index contributed by atoms with van der Waals surface area (Å²) in [4.78, 5) is 0. The lowest BCUT2D eigenvalue weighted by molar-refractivity contribution is 0.676. The lowest BCUT2D eigenvalue weighted by atomic mass is 9.96. The first-order valence-electron chi connectivity index (χ1n) is 6.22. The molecule has 0 spiro atoms. The Morgan fingerprint density at radius 1 is 0.706 bits per heavy atom. The fraction of sp³-hybridized carbons (Fsp3) is 0.714. The zero-order chi connectivity index (χ0) is 12.8. The molecule has 1 aromatic rings. The minimum absolute atomic E-state index is 0.552. The smallest absolute Gasteiger partial charge is 0.0468 e. The molecule has 1 aromatic heterocycles. The van der Waals surface area contributed by atoms with Gasteiger partial charge in [-0.1, -0.05) is 0 Å². The molecule has 3 heteroatoms. The molecule has 0 nitrogen and oxygen atoms in total. The van der Waals surface area contributed by atoms with E-state index in [1.165, 1.54) is 25.7 Å². The molecule has 0 saturated carbocycles. The van der Waals surface area contributed by atoms with Gasteiger partial charge in [0.2, 0.25) is 0 Å². The quantitative estimate of drug-likeness (QED) is 0.738. The van der Waals surface area contributed by atoms with Crippen molar-refractivity contribution in [2.24, 2.45) is 0 Å². The standard InChI is InChI=1S/C14H26S3/c1-16(2,3)13-11-9-7-8-10-12(11)14(15-13)17(4,5)6/h7-10H2,1-6H3. The summed E-state index contributed by atoms with van der Waals surface area (Å²) in [7, 11) is -1.10. The van der Waals surface area contributed by atoms with Gasteiger partial charge in [0, 0.05) is 8.42 Å². The van der Waals surface area contributed by atoms with E-state index in [4.69, 9.17) is 0 Å². The third-order valence-electron chi connectivity index (χ3n) is 3.26. The van der Waals surface area contributed by atoms with E-state index < -0.39 is 20.1 Å². The Morgan fingerprint density at radius 2 is 1.06 bits per heavy atom. The molecule has 1 aliphatic rings. The summed E-state index contributed by atoms with van der Waals surface area (Å²) in [6, 6.07) is 0. The van der Waals surface area contributed by atoms with Crippen molar-refractivity contribution in [3.05, 3.63) is 11.1 Å². The third-order valence-corrected chi connectivity index (χ3v) is 10.3. The van der Waals surface area contributed by atoms with Gasteiger partial charge in [-0.25, -0.2) is 20.1 Å². The second kappa shape index (κ2) is 4.50. The van der Waals surface area contributed by atoms with Crippen LogP contribution in [0.1, 0.15) is 24.0 Å². The first-order chi connectivity index (χ1) is 7.71. The van der Waals surface area contributed by atoms with Crippen LogP contribution in [0, 0.1) is 0 Å². The van der Waals surface area contributed by atoms with Crippen LogP contribution in [-0.4, -0.2) is 37.5 Å². The van der Waals surface area contributed by atoms with E-state index >= 15 is 0 Å². The summed E-state index contributed by atoms with van der Waals surface area (Å²) < 4.78 is 3.51. The van der Waals surface area contributed by atoms with Crippen molar-refractivity contribution < 1.29 is 0 Å². The van der Waals surface area contributed by atoms with E-state index in [9.17, 15) is 0 Å². The summed E-state index contributed by atoms with van der Waals surface area (Å²) in [5.74, 6) is 0. The van der Waals surface area contributed by atoms with Gasteiger partial charge in [-0.05, 0) is 74.3 Å². The fourth-order valence-electron chi connectivity index (χ4n) is 2.55. The Hall–Kier alpha value is 0.400. The average Bonchev–Trinajstić information content (AvgIpc) is 2.55. The predicted molar refractivity (Wildman–Crippen MR) is 88.2 cm³/mol. The van der Waals surface area contributed by atoms with Crippen LogP contribution in [0.15, 0.2) is 8.42 Å². The van der Waals surface area contributed by atoms with Crippen LogP contribution in [0.3, 0.4) is 0 Å². The molecule has 0 bridgehead atoms. The highest BCUT2D eigenvalue weighted by Crippen LogP contribution is 2.61. The van der Waals surface area contributed by atoms with Gasteiger partial charge in [-0.15, -0.1) is 11.3 Å². The second-order valence-corrected chi connectivity index (χ2v) is 16.2. The Balaban J connectivity index is 2.60. The molecular weight excluding hydrogens is 264 g/mol. The van der Waals surface area contributed by atoms with Gasteiger partial charge >= 0.3 is 0 Å². The maximum Gasteiger partial charge on any atom is 0.0468 e. The molecule has 0 aliphatic heterocycles. The van der Waals surface area contributed by atoms with Gasteiger partial charge in [-0.3, -0.25) is 0 Å². The van der Waals surface area contributed by atoms with Crippen LogP contribution in [0.5, 0.6) is 0 Å². The van der Waals surface area contributed by atoms with Gasteiger partial charge in [0.05, 0.1) is 0 Å². The van der Waals surface area contributed by atoms with Crippen molar-refractivity contribution >= 4 is 31.4 Å². The van der Waals surface area contributed by atoms with E-state index in [2.05, 4.69) is 48.9 Å². The molecule has 0 saturated heterocycles. The van der Waals surface area contributed by atoms with Crippen molar-refractivity contribution in [1.29, 1.82) is 0 Å². The Morgan fingerprint density at radius 3 is 1.35 bits per heavy atom. The van der Waals surface area contributed by atoms with Crippen molar-refractivity contribution in [2.75, 3.05) is 37.5 Å². The largest absolute Gasteiger partial charge is 0.214 e. The van der Waals surface area contributed by atoms with Crippen LogP contribution in [0.2, 0.25) is 0 Å². The number of hydrogen-bond donors (Lipinski definition) is 0. The number of rotatable bonds is 2. The summed E-state index contributed by atoms with van der Waals surface area (Å²) in [5.41, 5.74) is 3.53. The Labute approximate surface area is 114 Å². The minimum Gasteiger partial charge on any atom is -0.214 e. The average molecular weight is 291 g/mol. The summed E-state index contributed by atoms with van der Waals surface area (Å²) in [6.45, 7) is 0. The maximum absolute atomic E-state index is 2.45. The van der Waals surface area contributed by atoms with Crippen LogP contribution in [-0.2, 0) is 12.8 Å². The molecule has 1 heterocycles. The van der Waals surface area contributed by atoms with Gasteiger partial charge in [0.25, 0.3) is 0 Å². The maximum atomic E-state index is 2.45. The molecule has 1 aliphatic carbocycles. The Bertz CT molecular complexity index is 377. The fourth-order valence-corrected chi connectivity index (χ4v) is 8.00. The van der Waals surface area contributed by atoms with Gasteiger partial charge in [0.1, 0.15) is 0 Å². The summed E-state index contributed by atoms with van der Waals surface area (Å²) >= 11 is 2.16. The molecule has 2 rings (SSSR count). The minimum atomic E-state index is -0.552. The van der Waals surface area contributed by atoms with Crippen LogP contribution >= 0.6 is 31.4 Å². The lowest BCUT2D eigenvalue weighted by Crippen LogP contribution is -2.05. The van der Waals surface area contributed by atoms with Gasteiger partial charge in [-0.2, -0.15) is 0 Å². The third kappa shape index (κ3) is 2.71. The zero-order valence-corrected chi connectivity index (χ0v) is 14.5. The molecule has 0 radical (unpaired) electrons. The van der Waals surface area contributed by atoms with Crippen molar-refractivity contribution in [3.63, 3.8) is 0 Å². The molecule has 0 atom stereocenters. The van der Waals surface area contributed by atoms with Crippen molar-refractivity contribution in [3.8, 4) is 0 Å². The SMILES string of the molecule is CS(C)(C)c1sc(S(C)(C)C)c2c1CCCC2. The molecular formula is C14H26S3. The molecule has 0 aromatic carbocycles. The topological polar surface area (TPSA) is 0 Å². The lowest BCUT2D eigenvalue weighted by Gasteiger charge is -2.27. The van der Waals surface area contributed by atoms with E-state index in [-0.39, 0.29) is 0 Å². The van der Waals surface area contributed by atoms with Crippen LogP contribution < -0.4 is 0 Å². The number of fused-ring (bicyclic) bond motifs is 1. The highest BCUT2D eigenvalue weighted by atomic mass is 32.3. The first kappa shape index (κ1) is 13.8. The van der Waals surface area contributed by atoms with E-state index in [0.29, 0.717) is 0 Å². The summed E-state index contributed by atoms with van der Waals surface area (Å²) in [6.07, 6.45) is 20.2. The zero-order valence-electron chi connectivity index (χ0n) is 12.1. The molecule has 0 amide bonds. The predicted octanol–water partition coefficient (Wildman–Crippen LogP) is 4.73. The van der Waals surface area contributed by atoms with Crippen molar-refractivity contribution in [1.82, 2.24) is 0 Å². The van der Waals surface area contributed by atoms with Crippen LogP contribution in [0.4, 0.5) is 0 Å². The van der Waals surface area contributed by atoms with E-state index in [1.807, 2.05) is 0 Å². The van der Waals surface area contributed by atoms with E-state index in [1.54, 1.807) is 19.5 Å². The highest BCUT2D eigenvalue weighted by molar-refractivity contribution is 8.35. The molecule has 0 N–H and O–H groups in total. The van der Waals surface area contributed by atoms with Crippen LogP contribution in [0.25, 0.3) is 0 Å². The molecule has 100 valence electrons. The monoisotopic (exact) mass is 290 g/mol. The molecule has 0 fully saturated rings. The highest BCUT2D eigenvalue weighted by Gasteiger charge is 2.28. The number of hydrogen-bond acceptors (Lipinski definition) is 1. The van der Waals surface area contributed by atoms with E-state index in [0.717, 1.165) is 0 Å². The first-order valence-corrected chi connectivity index (χ1v) is 12.8. The number of thiophene rings is 1.